The smallest absolute Gasteiger partial charge is 0.407 e. The second-order valence-corrected chi connectivity index (χ2v) is 7.86. The largest absolute Gasteiger partial charge is 0.465 e. The van der Waals surface area contributed by atoms with E-state index >= 15 is 0 Å². The lowest BCUT2D eigenvalue weighted by molar-refractivity contribution is 0.0196. The van der Waals surface area contributed by atoms with Crippen LogP contribution in [0.15, 0.2) is 18.2 Å². The van der Waals surface area contributed by atoms with E-state index in [-0.39, 0.29) is 26.3 Å². The molecule has 24 heavy (non-hydrogen) atoms. The topological polar surface area (TPSA) is 93.1 Å². The average Bonchev–Trinajstić information content (AvgIpc) is 2.70. The maximum Gasteiger partial charge on any atom is 0.407 e. The molecular weight excluding hydrogens is 381 g/mol. The quantitative estimate of drug-likeness (QED) is 0.784. The van der Waals surface area contributed by atoms with Gasteiger partial charge in [0.2, 0.25) is 0 Å². The van der Waals surface area contributed by atoms with Crippen LogP contribution in [0.25, 0.3) is 0 Å². The lowest BCUT2D eigenvalue weighted by atomic mass is 9.93. The van der Waals surface area contributed by atoms with Crippen molar-refractivity contribution in [2.75, 3.05) is 32.6 Å². The van der Waals surface area contributed by atoms with Gasteiger partial charge in [-0.1, -0.05) is 29.3 Å². The maximum absolute atomic E-state index is 11.3. The Bertz CT molecular complexity index is 711. The number of amides is 1. The Morgan fingerprint density at radius 3 is 2.71 bits per heavy atom. The molecule has 0 aliphatic carbocycles. The zero-order valence-electron chi connectivity index (χ0n) is 12.8. The minimum atomic E-state index is -3.64. The molecule has 0 unspecified atom stereocenters. The summed E-state index contributed by atoms with van der Waals surface area (Å²) in [5.74, 6) is -0.444. The molecule has 0 bridgehead atoms. The van der Waals surface area contributed by atoms with E-state index in [1.165, 1.54) is 4.90 Å². The molecule has 7 nitrogen and oxygen atoms in total. The summed E-state index contributed by atoms with van der Waals surface area (Å²) < 4.78 is 33.0. The molecule has 134 valence electrons. The summed E-state index contributed by atoms with van der Waals surface area (Å²) in [6, 6.07) is 4.93. The number of nitrogens with zero attached hydrogens (tertiary/aromatic N) is 1. The van der Waals surface area contributed by atoms with Crippen LogP contribution in [0.1, 0.15) is 11.5 Å². The van der Waals surface area contributed by atoms with E-state index in [0.717, 1.165) is 6.26 Å². The van der Waals surface area contributed by atoms with Gasteiger partial charge in [0.15, 0.2) is 0 Å². The van der Waals surface area contributed by atoms with Gasteiger partial charge in [-0.15, -0.1) is 0 Å². The molecule has 1 aliphatic rings. The van der Waals surface area contributed by atoms with Crippen LogP contribution in [-0.4, -0.2) is 63.2 Å². The van der Waals surface area contributed by atoms with Gasteiger partial charge >= 0.3 is 6.09 Å². The number of hydrogen-bond acceptors (Lipinski definition) is 5. The number of benzene rings is 1. The highest BCUT2D eigenvalue weighted by Crippen LogP contribution is 2.31. The van der Waals surface area contributed by atoms with E-state index < -0.39 is 28.2 Å². The molecule has 1 amide bonds. The average molecular weight is 398 g/mol. The van der Waals surface area contributed by atoms with Gasteiger partial charge < -0.3 is 14.7 Å². The molecule has 1 fully saturated rings. The number of carbonyl (C=O) groups is 1. The van der Waals surface area contributed by atoms with E-state index in [0.29, 0.717) is 15.6 Å². The molecule has 0 aromatic heterocycles. The molecule has 1 saturated heterocycles. The highest BCUT2D eigenvalue weighted by Gasteiger charge is 2.32. The first-order valence-electron chi connectivity index (χ1n) is 7.06. The normalized spacial score (nSPS) is 22.2. The summed E-state index contributed by atoms with van der Waals surface area (Å²) in [6.07, 6.45) is -0.767. The van der Waals surface area contributed by atoms with Crippen LogP contribution in [0.2, 0.25) is 10.0 Å². The minimum absolute atomic E-state index is 0.130. The number of hydrogen-bond donors (Lipinski definition) is 1. The van der Waals surface area contributed by atoms with Crippen LogP contribution in [0, 0.1) is 0 Å². The van der Waals surface area contributed by atoms with Crippen molar-refractivity contribution in [1.82, 2.24) is 4.90 Å². The van der Waals surface area contributed by atoms with Gasteiger partial charge in [0.25, 0.3) is 10.1 Å². The van der Waals surface area contributed by atoms with Gasteiger partial charge in [0, 0.05) is 19.0 Å². The summed E-state index contributed by atoms with van der Waals surface area (Å²) in [5.41, 5.74) is 0.694. The number of halogens is 2. The van der Waals surface area contributed by atoms with Gasteiger partial charge in [-0.2, -0.15) is 8.42 Å². The summed E-state index contributed by atoms with van der Waals surface area (Å²) in [4.78, 5) is 12.5. The minimum Gasteiger partial charge on any atom is -0.465 e. The van der Waals surface area contributed by atoms with Crippen LogP contribution < -0.4 is 0 Å². The zero-order valence-corrected chi connectivity index (χ0v) is 15.1. The Morgan fingerprint density at radius 1 is 1.42 bits per heavy atom. The fraction of sp³-hybridized carbons (Fsp3) is 0.500. The maximum atomic E-state index is 11.3. The lowest BCUT2D eigenvalue weighted by Gasteiger charge is -2.26. The van der Waals surface area contributed by atoms with Crippen LogP contribution in [-0.2, 0) is 19.0 Å². The molecule has 0 spiro atoms. The fourth-order valence-corrected chi connectivity index (χ4v) is 3.16. The van der Waals surface area contributed by atoms with E-state index in [4.69, 9.17) is 32.1 Å². The van der Waals surface area contributed by atoms with Crippen molar-refractivity contribution < 1.29 is 27.2 Å². The third kappa shape index (κ3) is 5.22. The predicted molar refractivity (Wildman–Crippen MR) is 89.3 cm³/mol. The summed E-state index contributed by atoms with van der Waals surface area (Å²) >= 11 is 12.0. The lowest BCUT2D eigenvalue weighted by Crippen LogP contribution is -2.36. The summed E-state index contributed by atoms with van der Waals surface area (Å²) in [6.45, 7) is 0.243. The monoisotopic (exact) mass is 397 g/mol. The third-order valence-electron chi connectivity index (χ3n) is 3.65. The van der Waals surface area contributed by atoms with E-state index in [2.05, 4.69) is 0 Å². The van der Waals surface area contributed by atoms with Crippen molar-refractivity contribution in [3.8, 4) is 0 Å². The molecule has 2 atom stereocenters. The van der Waals surface area contributed by atoms with Crippen molar-refractivity contribution >= 4 is 39.4 Å². The molecule has 10 heteroatoms. The highest BCUT2D eigenvalue weighted by atomic mass is 35.5. The Morgan fingerprint density at radius 2 is 2.12 bits per heavy atom. The standard InChI is InChI=1S/C14H17Cl2NO6S/c1-24(20,21)23-8-13-10(7-17(14(18)19)4-5-22-13)9-2-3-11(15)12(16)6-9/h2-3,6,10,13H,4-5,7-8H2,1H3,(H,18,19)/t10-,13-/m1/s1. The first-order chi connectivity index (χ1) is 11.2. The summed E-state index contributed by atoms with van der Waals surface area (Å²) in [7, 11) is -3.64. The van der Waals surface area contributed by atoms with Crippen molar-refractivity contribution in [3.63, 3.8) is 0 Å². The molecule has 1 aromatic carbocycles. The molecule has 1 aromatic rings. The van der Waals surface area contributed by atoms with Gasteiger partial charge in [0.1, 0.15) is 0 Å². The second-order valence-electron chi connectivity index (χ2n) is 5.41. The Kier molecular flexibility index (Phi) is 6.33. The Balaban J connectivity index is 2.31. The molecule has 2 rings (SSSR count). The first kappa shape index (κ1) is 19.3. The third-order valence-corrected chi connectivity index (χ3v) is 4.95. The second kappa shape index (κ2) is 7.88. The SMILES string of the molecule is CS(=O)(=O)OC[C@H]1OCCN(C(=O)O)C[C@@H]1c1ccc(Cl)c(Cl)c1. The van der Waals surface area contributed by atoms with Crippen molar-refractivity contribution in [1.29, 1.82) is 0 Å². The first-order valence-corrected chi connectivity index (χ1v) is 9.63. The summed E-state index contributed by atoms with van der Waals surface area (Å²) in [5, 5.41) is 9.96. The van der Waals surface area contributed by atoms with Crippen LogP contribution >= 0.6 is 23.2 Å². The van der Waals surface area contributed by atoms with Gasteiger partial charge in [-0.25, -0.2) is 4.79 Å². The van der Waals surface area contributed by atoms with Crippen LogP contribution in [0.5, 0.6) is 0 Å². The van der Waals surface area contributed by atoms with Gasteiger partial charge in [-0.05, 0) is 17.7 Å². The molecule has 0 radical (unpaired) electrons. The van der Waals surface area contributed by atoms with Crippen molar-refractivity contribution in [2.24, 2.45) is 0 Å². The Labute approximate surface area is 150 Å². The highest BCUT2D eigenvalue weighted by molar-refractivity contribution is 7.85. The fourth-order valence-electron chi connectivity index (χ4n) is 2.47. The number of rotatable bonds is 4. The zero-order chi connectivity index (χ0) is 17.9. The molecule has 1 aliphatic heterocycles. The van der Waals surface area contributed by atoms with Gasteiger partial charge in [0.05, 0.1) is 35.6 Å². The molecular formula is C14H17Cl2NO6S. The number of carboxylic acid groups (broad SMARTS) is 1. The molecule has 0 saturated carbocycles. The van der Waals surface area contributed by atoms with Crippen LogP contribution in [0.3, 0.4) is 0 Å². The van der Waals surface area contributed by atoms with E-state index in [9.17, 15) is 18.3 Å². The predicted octanol–water partition coefficient (Wildman–Crippen LogP) is 2.43. The van der Waals surface area contributed by atoms with Crippen LogP contribution in [0.4, 0.5) is 4.79 Å². The van der Waals surface area contributed by atoms with E-state index in [1.807, 2.05) is 0 Å². The Hall–Kier alpha value is -1.06. The number of ether oxygens (including phenoxy) is 1. The van der Waals surface area contributed by atoms with E-state index in [1.54, 1.807) is 18.2 Å². The molecule has 1 heterocycles. The van der Waals surface area contributed by atoms with Crippen molar-refractivity contribution in [2.45, 2.75) is 12.0 Å². The molecule has 1 N–H and O–H groups in total. The van der Waals surface area contributed by atoms with Gasteiger partial charge in [-0.3, -0.25) is 4.18 Å². The van der Waals surface area contributed by atoms with Crippen molar-refractivity contribution in [3.05, 3.63) is 33.8 Å².